The number of nitrogens with one attached hydrogen (secondary N) is 1. The maximum atomic E-state index is 11.6. The highest BCUT2D eigenvalue weighted by atomic mass is 79.9. The van der Waals surface area contributed by atoms with Gasteiger partial charge in [-0.1, -0.05) is 15.9 Å². The second kappa shape index (κ2) is 6.25. The highest BCUT2D eigenvalue weighted by Gasteiger charge is 2.09. The van der Waals surface area contributed by atoms with E-state index in [9.17, 15) is 4.79 Å². The zero-order valence-electron chi connectivity index (χ0n) is 8.75. The first-order valence-corrected chi connectivity index (χ1v) is 6.34. The molecule has 5 heteroatoms. The molecule has 1 rings (SSSR count). The molecule has 0 saturated heterocycles. The smallest absolute Gasteiger partial charge is 0.261 e. The lowest BCUT2D eigenvalue weighted by molar-refractivity contribution is 0.0954. The van der Waals surface area contributed by atoms with Crippen LogP contribution in [0.1, 0.15) is 14.5 Å². The number of carbonyl (C=O) groups is 1. The van der Waals surface area contributed by atoms with E-state index in [0.29, 0.717) is 13.2 Å². The number of aryl methyl sites for hydroxylation is 1. The molecule has 0 aliphatic rings. The lowest BCUT2D eigenvalue weighted by Gasteiger charge is -2.09. The summed E-state index contributed by atoms with van der Waals surface area (Å²) in [6.07, 6.45) is 0. The summed E-state index contributed by atoms with van der Waals surface area (Å²) in [5, 5.41) is 2.84. The Morgan fingerprint density at radius 3 is 2.93 bits per heavy atom. The number of amides is 1. The molecule has 84 valence electrons. The average Bonchev–Trinajstić information content (AvgIpc) is 2.62. The molecular formula is C10H14BrNO2S. The van der Waals surface area contributed by atoms with Crippen molar-refractivity contribution in [3.8, 4) is 0 Å². The molecule has 1 N–H and O–H groups in total. The Bertz CT molecular complexity index is 327. The molecule has 0 saturated carbocycles. The van der Waals surface area contributed by atoms with Gasteiger partial charge in [0.25, 0.3) is 5.91 Å². The minimum Gasteiger partial charge on any atom is -0.383 e. The maximum Gasteiger partial charge on any atom is 0.261 e. The minimum atomic E-state index is -0.0198. The molecule has 0 radical (unpaired) electrons. The molecular weight excluding hydrogens is 278 g/mol. The topological polar surface area (TPSA) is 38.3 Å². The number of alkyl halides is 1. The quantitative estimate of drug-likeness (QED) is 0.845. The molecule has 1 unspecified atom stereocenters. The van der Waals surface area contributed by atoms with Gasteiger partial charge in [-0.2, -0.15) is 0 Å². The molecule has 1 heterocycles. The Hall–Kier alpha value is -0.390. The normalized spacial score (nSPS) is 12.5. The van der Waals surface area contributed by atoms with E-state index in [1.54, 1.807) is 7.11 Å². The van der Waals surface area contributed by atoms with Crippen molar-refractivity contribution in [1.29, 1.82) is 0 Å². The van der Waals surface area contributed by atoms with Crippen LogP contribution in [0.3, 0.4) is 0 Å². The van der Waals surface area contributed by atoms with E-state index in [4.69, 9.17) is 4.74 Å². The van der Waals surface area contributed by atoms with Crippen LogP contribution in [0.4, 0.5) is 0 Å². The van der Waals surface area contributed by atoms with Gasteiger partial charge in [0.15, 0.2) is 0 Å². The zero-order chi connectivity index (χ0) is 11.3. The van der Waals surface area contributed by atoms with E-state index in [1.165, 1.54) is 11.3 Å². The van der Waals surface area contributed by atoms with Gasteiger partial charge in [-0.05, 0) is 19.1 Å². The summed E-state index contributed by atoms with van der Waals surface area (Å²) in [7, 11) is 1.64. The van der Waals surface area contributed by atoms with Crippen LogP contribution in [-0.4, -0.2) is 31.0 Å². The van der Waals surface area contributed by atoms with Crippen molar-refractivity contribution >= 4 is 33.2 Å². The van der Waals surface area contributed by atoms with Gasteiger partial charge in [-0.3, -0.25) is 4.79 Å². The summed E-state index contributed by atoms with van der Waals surface area (Å²) in [5.41, 5.74) is 0. The third kappa shape index (κ3) is 4.32. The zero-order valence-corrected chi connectivity index (χ0v) is 11.2. The van der Waals surface area contributed by atoms with Gasteiger partial charge < -0.3 is 10.1 Å². The van der Waals surface area contributed by atoms with Gasteiger partial charge in [0.1, 0.15) is 0 Å². The molecule has 0 bridgehead atoms. The van der Waals surface area contributed by atoms with Gasteiger partial charge in [0, 0.05) is 18.5 Å². The van der Waals surface area contributed by atoms with Crippen LogP contribution >= 0.6 is 27.3 Å². The van der Waals surface area contributed by atoms with Crippen LogP contribution in [0, 0.1) is 6.92 Å². The van der Waals surface area contributed by atoms with E-state index < -0.39 is 0 Å². The monoisotopic (exact) mass is 291 g/mol. The fraction of sp³-hybridized carbons (Fsp3) is 0.500. The molecule has 0 fully saturated rings. The molecule has 0 aliphatic carbocycles. The molecule has 0 aromatic carbocycles. The molecule has 0 aliphatic heterocycles. The van der Waals surface area contributed by atoms with Crippen molar-refractivity contribution in [2.45, 2.75) is 11.8 Å². The first kappa shape index (κ1) is 12.7. The average molecular weight is 292 g/mol. The minimum absolute atomic E-state index is 0.0198. The Balaban J connectivity index is 2.36. The van der Waals surface area contributed by atoms with E-state index in [2.05, 4.69) is 21.2 Å². The summed E-state index contributed by atoms with van der Waals surface area (Å²) < 4.78 is 4.95. The standard InChI is InChI=1S/C10H14BrNO2S/c1-7-3-4-9(15-7)10(13)12-5-8(11)6-14-2/h3-4,8H,5-6H2,1-2H3,(H,12,13). The number of hydrogen-bond donors (Lipinski definition) is 1. The van der Waals surface area contributed by atoms with Crippen molar-refractivity contribution in [2.24, 2.45) is 0 Å². The van der Waals surface area contributed by atoms with Crippen LogP contribution in [0.25, 0.3) is 0 Å². The number of hydrogen-bond acceptors (Lipinski definition) is 3. The summed E-state index contributed by atoms with van der Waals surface area (Å²) in [6, 6.07) is 3.79. The summed E-state index contributed by atoms with van der Waals surface area (Å²) in [5.74, 6) is -0.0198. The van der Waals surface area contributed by atoms with Crippen LogP contribution in [0.5, 0.6) is 0 Å². The molecule has 0 spiro atoms. The molecule has 1 aromatic rings. The SMILES string of the molecule is COCC(Br)CNC(=O)c1ccc(C)s1. The molecule has 15 heavy (non-hydrogen) atoms. The van der Waals surface area contributed by atoms with Crippen LogP contribution in [-0.2, 0) is 4.74 Å². The van der Waals surface area contributed by atoms with Crippen molar-refractivity contribution in [2.75, 3.05) is 20.3 Å². The number of rotatable bonds is 5. The first-order chi connectivity index (χ1) is 7.13. The summed E-state index contributed by atoms with van der Waals surface area (Å²) in [6.45, 7) is 3.15. The van der Waals surface area contributed by atoms with Crippen molar-refractivity contribution in [3.05, 3.63) is 21.9 Å². The Kier molecular flexibility index (Phi) is 5.28. The maximum absolute atomic E-state index is 11.6. The number of ether oxygens (including phenoxy) is 1. The number of halogens is 1. The third-order valence-corrected chi connectivity index (χ3v) is 3.38. The van der Waals surface area contributed by atoms with Gasteiger partial charge in [0.05, 0.1) is 16.3 Å². The highest BCUT2D eigenvalue weighted by molar-refractivity contribution is 9.09. The fourth-order valence-corrected chi connectivity index (χ4v) is 2.30. The Morgan fingerprint density at radius 1 is 1.67 bits per heavy atom. The van der Waals surface area contributed by atoms with E-state index in [0.717, 1.165) is 9.75 Å². The number of carbonyl (C=O) groups excluding carboxylic acids is 1. The van der Waals surface area contributed by atoms with Crippen LogP contribution < -0.4 is 5.32 Å². The predicted octanol–water partition coefficient (Wildman–Crippen LogP) is 2.20. The molecule has 3 nitrogen and oxygen atoms in total. The Labute approximate surface area is 102 Å². The van der Waals surface area contributed by atoms with Gasteiger partial charge in [0.2, 0.25) is 0 Å². The van der Waals surface area contributed by atoms with E-state index in [-0.39, 0.29) is 10.7 Å². The van der Waals surface area contributed by atoms with E-state index in [1.807, 2.05) is 19.1 Å². The number of methoxy groups -OCH3 is 1. The van der Waals surface area contributed by atoms with Crippen molar-refractivity contribution in [3.63, 3.8) is 0 Å². The van der Waals surface area contributed by atoms with Crippen molar-refractivity contribution in [1.82, 2.24) is 5.32 Å². The first-order valence-electron chi connectivity index (χ1n) is 4.61. The van der Waals surface area contributed by atoms with Crippen LogP contribution in [0.15, 0.2) is 12.1 Å². The van der Waals surface area contributed by atoms with E-state index >= 15 is 0 Å². The lowest BCUT2D eigenvalue weighted by Crippen LogP contribution is -2.30. The summed E-state index contributed by atoms with van der Waals surface area (Å²) in [4.78, 5) is 13.7. The van der Waals surface area contributed by atoms with Gasteiger partial charge in [-0.15, -0.1) is 11.3 Å². The lowest BCUT2D eigenvalue weighted by atomic mass is 10.4. The predicted molar refractivity (Wildman–Crippen MR) is 66.0 cm³/mol. The van der Waals surface area contributed by atoms with Crippen LogP contribution in [0.2, 0.25) is 0 Å². The number of thiophene rings is 1. The molecule has 1 aromatic heterocycles. The van der Waals surface area contributed by atoms with Gasteiger partial charge in [-0.25, -0.2) is 0 Å². The molecule has 1 amide bonds. The fourth-order valence-electron chi connectivity index (χ4n) is 1.09. The second-order valence-electron chi connectivity index (χ2n) is 3.17. The summed E-state index contributed by atoms with van der Waals surface area (Å²) >= 11 is 4.91. The van der Waals surface area contributed by atoms with Crippen molar-refractivity contribution < 1.29 is 9.53 Å². The second-order valence-corrected chi connectivity index (χ2v) is 5.76. The molecule has 1 atom stereocenters. The third-order valence-electron chi connectivity index (χ3n) is 1.80. The Morgan fingerprint density at radius 2 is 2.40 bits per heavy atom. The largest absolute Gasteiger partial charge is 0.383 e. The highest BCUT2D eigenvalue weighted by Crippen LogP contribution is 2.14. The van der Waals surface area contributed by atoms with Gasteiger partial charge >= 0.3 is 0 Å².